The number of rotatable bonds is 5. The van der Waals surface area contributed by atoms with Crippen LogP contribution in [0.25, 0.3) is 17.1 Å². The minimum absolute atomic E-state index is 0.324. The molecule has 0 aliphatic carbocycles. The second kappa shape index (κ2) is 6.75. The zero-order chi connectivity index (χ0) is 16.2. The van der Waals surface area contributed by atoms with Gasteiger partial charge in [0.2, 0.25) is 0 Å². The third-order valence-electron chi connectivity index (χ3n) is 3.09. The Bertz CT molecular complexity index is 830. The summed E-state index contributed by atoms with van der Waals surface area (Å²) in [7, 11) is 0. The van der Waals surface area contributed by atoms with Crippen LogP contribution in [0.15, 0.2) is 66.1 Å². The van der Waals surface area contributed by atoms with Crippen molar-refractivity contribution in [1.29, 1.82) is 0 Å². The molecule has 0 radical (unpaired) electrons. The maximum absolute atomic E-state index is 14.3. The molecule has 3 aromatic rings. The van der Waals surface area contributed by atoms with Crippen molar-refractivity contribution in [2.24, 2.45) is 0 Å². The van der Waals surface area contributed by atoms with Gasteiger partial charge in [0, 0.05) is 23.7 Å². The van der Waals surface area contributed by atoms with Crippen LogP contribution in [0.4, 0.5) is 4.39 Å². The topological polar surface area (TPSA) is 43.6 Å². The van der Waals surface area contributed by atoms with Gasteiger partial charge in [-0.25, -0.2) is 4.39 Å². The number of halogens is 1. The summed E-state index contributed by atoms with van der Waals surface area (Å²) in [6.07, 6.45) is 3.37. The lowest BCUT2D eigenvalue weighted by Gasteiger charge is -2.11. The summed E-state index contributed by atoms with van der Waals surface area (Å²) in [6, 6.07) is 10.3. The molecule has 0 bridgehead atoms. The van der Waals surface area contributed by atoms with Crippen molar-refractivity contribution in [3.63, 3.8) is 0 Å². The minimum Gasteiger partial charge on any atom is -0.267 e. The molecule has 0 spiro atoms. The van der Waals surface area contributed by atoms with E-state index in [0.717, 1.165) is 11.1 Å². The molecule has 4 nitrogen and oxygen atoms in total. The molecular weight excluding hydrogens is 311 g/mol. The average molecular weight is 326 g/mol. The largest absolute Gasteiger partial charge is 0.267 e. The molecule has 0 N–H and O–H groups in total. The lowest BCUT2D eigenvalue weighted by atomic mass is 10.2. The zero-order valence-electron chi connectivity index (χ0n) is 12.6. The Morgan fingerprint density at radius 2 is 2.04 bits per heavy atom. The number of hydrogen-bond acceptors (Lipinski definition) is 4. The highest BCUT2D eigenvalue weighted by Gasteiger charge is 2.18. The minimum atomic E-state index is -0.324. The van der Waals surface area contributed by atoms with E-state index >= 15 is 0 Å². The number of thioether (sulfide) groups is 1. The molecular formula is C17H15FN4S. The van der Waals surface area contributed by atoms with Crippen molar-refractivity contribution >= 4 is 11.8 Å². The van der Waals surface area contributed by atoms with Crippen molar-refractivity contribution in [2.75, 3.05) is 5.75 Å². The van der Waals surface area contributed by atoms with Gasteiger partial charge in [0.05, 0.1) is 5.69 Å². The highest BCUT2D eigenvalue weighted by atomic mass is 32.2. The number of para-hydroxylation sites is 1. The Morgan fingerprint density at radius 1 is 1.22 bits per heavy atom. The van der Waals surface area contributed by atoms with Crippen LogP contribution in [-0.2, 0) is 0 Å². The lowest BCUT2D eigenvalue weighted by Crippen LogP contribution is -2.02. The quantitative estimate of drug-likeness (QED) is 0.522. The van der Waals surface area contributed by atoms with Crippen LogP contribution in [0.3, 0.4) is 0 Å². The summed E-state index contributed by atoms with van der Waals surface area (Å²) in [6.45, 7) is 5.84. The SMILES string of the molecule is C=C(C)CSc1nnc(-c2cccnc2)n1-c1ccccc1F. The van der Waals surface area contributed by atoms with Crippen molar-refractivity contribution in [3.05, 3.63) is 66.8 Å². The van der Waals surface area contributed by atoms with E-state index in [1.165, 1.54) is 17.8 Å². The summed E-state index contributed by atoms with van der Waals surface area (Å²) >= 11 is 1.48. The Kier molecular flexibility index (Phi) is 4.52. The van der Waals surface area contributed by atoms with E-state index in [1.54, 1.807) is 35.2 Å². The zero-order valence-corrected chi connectivity index (χ0v) is 13.4. The van der Waals surface area contributed by atoms with E-state index < -0.39 is 0 Å². The first-order valence-corrected chi connectivity index (χ1v) is 8.03. The number of pyridine rings is 1. The standard InChI is InChI=1S/C17H15FN4S/c1-12(2)11-23-17-21-20-16(13-6-5-9-19-10-13)22(17)15-8-4-3-7-14(15)18/h3-10H,1,11H2,2H3. The molecule has 0 aliphatic rings. The Labute approximate surface area is 138 Å². The molecule has 2 heterocycles. The van der Waals surface area contributed by atoms with E-state index in [1.807, 2.05) is 19.1 Å². The van der Waals surface area contributed by atoms with Crippen LogP contribution in [0.2, 0.25) is 0 Å². The summed E-state index contributed by atoms with van der Waals surface area (Å²) in [4.78, 5) is 4.11. The van der Waals surface area contributed by atoms with Crippen LogP contribution < -0.4 is 0 Å². The van der Waals surface area contributed by atoms with Crippen LogP contribution in [0.1, 0.15) is 6.92 Å². The smallest absolute Gasteiger partial charge is 0.196 e. The third-order valence-corrected chi connectivity index (χ3v) is 4.25. The fourth-order valence-corrected chi connectivity index (χ4v) is 2.87. The molecule has 6 heteroatoms. The van der Waals surface area contributed by atoms with Crippen molar-refractivity contribution in [2.45, 2.75) is 12.1 Å². The van der Waals surface area contributed by atoms with E-state index in [-0.39, 0.29) is 5.82 Å². The summed E-state index contributed by atoms with van der Waals surface area (Å²) in [5.41, 5.74) is 2.21. The van der Waals surface area contributed by atoms with Gasteiger partial charge in [-0.1, -0.05) is 36.0 Å². The van der Waals surface area contributed by atoms with Crippen molar-refractivity contribution < 1.29 is 4.39 Å². The lowest BCUT2D eigenvalue weighted by molar-refractivity contribution is 0.613. The second-order valence-electron chi connectivity index (χ2n) is 5.08. The van der Waals surface area contributed by atoms with Gasteiger partial charge in [0.25, 0.3) is 0 Å². The Morgan fingerprint density at radius 3 is 2.74 bits per heavy atom. The molecule has 1 aromatic carbocycles. The normalized spacial score (nSPS) is 10.7. The molecule has 2 aromatic heterocycles. The first-order valence-electron chi connectivity index (χ1n) is 7.04. The summed E-state index contributed by atoms with van der Waals surface area (Å²) in [5.74, 6) is 0.932. The maximum atomic E-state index is 14.3. The second-order valence-corrected chi connectivity index (χ2v) is 6.02. The molecule has 0 saturated carbocycles. The van der Waals surface area contributed by atoms with Crippen molar-refractivity contribution in [3.8, 4) is 17.1 Å². The van der Waals surface area contributed by atoms with Crippen LogP contribution in [0.5, 0.6) is 0 Å². The Balaban J connectivity index is 2.14. The van der Waals surface area contributed by atoms with E-state index in [0.29, 0.717) is 22.4 Å². The number of benzene rings is 1. The molecule has 0 fully saturated rings. The van der Waals surface area contributed by atoms with Gasteiger partial charge in [-0.15, -0.1) is 10.2 Å². The van der Waals surface area contributed by atoms with Crippen LogP contribution in [-0.4, -0.2) is 25.5 Å². The fourth-order valence-electron chi connectivity index (χ4n) is 2.08. The maximum Gasteiger partial charge on any atom is 0.196 e. The molecule has 23 heavy (non-hydrogen) atoms. The molecule has 0 unspecified atom stereocenters. The van der Waals surface area contributed by atoms with E-state index in [4.69, 9.17) is 0 Å². The van der Waals surface area contributed by atoms with Crippen LogP contribution in [0, 0.1) is 5.82 Å². The monoisotopic (exact) mass is 326 g/mol. The molecule has 0 aliphatic heterocycles. The number of hydrogen-bond donors (Lipinski definition) is 0. The third kappa shape index (κ3) is 3.32. The predicted molar refractivity (Wildman–Crippen MR) is 90.1 cm³/mol. The first kappa shape index (κ1) is 15.4. The molecule has 3 rings (SSSR count). The summed E-state index contributed by atoms with van der Waals surface area (Å²) in [5, 5.41) is 9.08. The molecule has 116 valence electrons. The molecule has 0 amide bonds. The molecule has 0 saturated heterocycles. The fraction of sp³-hybridized carbons (Fsp3) is 0.118. The number of nitrogens with zero attached hydrogens (tertiary/aromatic N) is 4. The van der Waals surface area contributed by atoms with E-state index in [2.05, 4.69) is 21.8 Å². The molecule has 0 atom stereocenters. The summed E-state index contributed by atoms with van der Waals surface area (Å²) < 4.78 is 16.0. The predicted octanol–water partition coefficient (Wildman–Crippen LogP) is 4.14. The van der Waals surface area contributed by atoms with Gasteiger partial charge >= 0.3 is 0 Å². The highest BCUT2D eigenvalue weighted by Crippen LogP contribution is 2.29. The van der Waals surface area contributed by atoms with Gasteiger partial charge in [-0.3, -0.25) is 9.55 Å². The van der Waals surface area contributed by atoms with E-state index in [9.17, 15) is 4.39 Å². The Hall–Kier alpha value is -2.47. The van der Waals surface area contributed by atoms with Crippen LogP contribution >= 0.6 is 11.8 Å². The van der Waals surface area contributed by atoms with Gasteiger partial charge in [-0.05, 0) is 31.2 Å². The average Bonchev–Trinajstić information content (AvgIpc) is 2.98. The van der Waals surface area contributed by atoms with Gasteiger partial charge in [0.1, 0.15) is 5.82 Å². The first-order chi connectivity index (χ1) is 11.2. The number of aromatic nitrogens is 4. The van der Waals surface area contributed by atoms with Gasteiger partial charge in [-0.2, -0.15) is 0 Å². The highest BCUT2D eigenvalue weighted by molar-refractivity contribution is 7.99. The van der Waals surface area contributed by atoms with Gasteiger partial charge < -0.3 is 0 Å². The van der Waals surface area contributed by atoms with Gasteiger partial charge in [0.15, 0.2) is 11.0 Å². The van der Waals surface area contributed by atoms with Crippen molar-refractivity contribution in [1.82, 2.24) is 19.7 Å².